The van der Waals surface area contributed by atoms with Crippen molar-refractivity contribution >= 4 is 39.0 Å². The molecule has 0 aromatic heterocycles. The number of halogens is 3. The molecule has 2 rings (SSSR count). The van der Waals surface area contributed by atoms with Crippen molar-refractivity contribution in [2.24, 2.45) is 0 Å². The lowest BCUT2D eigenvalue weighted by Gasteiger charge is -2.06. The van der Waals surface area contributed by atoms with Gasteiger partial charge in [-0.15, -0.1) is 0 Å². The van der Waals surface area contributed by atoms with Crippen molar-refractivity contribution < 1.29 is 9.18 Å². The molecule has 19 heavy (non-hydrogen) atoms. The summed E-state index contributed by atoms with van der Waals surface area (Å²) >= 11 is 8.90. The predicted molar refractivity (Wildman–Crippen MR) is 78.0 cm³/mol. The van der Waals surface area contributed by atoms with E-state index in [1.54, 1.807) is 24.3 Å². The van der Waals surface area contributed by atoms with Crippen LogP contribution < -0.4 is 5.73 Å². The molecule has 98 valence electrons. The summed E-state index contributed by atoms with van der Waals surface area (Å²) in [5.41, 5.74) is 7.21. The first-order valence-corrected chi connectivity index (χ1v) is 6.66. The van der Waals surface area contributed by atoms with Gasteiger partial charge in [-0.3, -0.25) is 4.79 Å². The normalized spacial score (nSPS) is 10.5. The summed E-state index contributed by atoms with van der Waals surface area (Å²) in [6.07, 6.45) is 0.0934. The van der Waals surface area contributed by atoms with Gasteiger partial charge in [-0.1, -0.05) is 33.6 Å². The van der Waals surface area contributed by atoms with Crippen LogP contribution in [0.5, 0.6) is 0 Å². The number of hydrogen-bond acceptors (Lipinski definition) is 2. The number of nitrogens with two attached hydrogens (primary N) is 1. The molecule has 0 bridgehead atoms. The van der Waals surface area contributed by atoms with Crippen LogP contribution in [0.4, 0.5) is 10.1 Å². The Morgan fingerprint density at radius 2 is 2.00 bits per heavy atom. The molecule has 0 aliphatic rings. The van der Waals surface area contributed by atoms with Gasteiger partial charge in [0.1, 0.15) is 5.82 Å². The van der Waals surface area contributed by atoms with Gasteiger partial charge in [0, 0.05) is 22.1 Å². The number of carbonyl (C=O) groups excluding carboxylic acids is 1. The number of Topliss-reactive ketones (excluding diaryl/α,β-unsaturated/α-hetero) is 1. The highest BCUT2D eigenvalue weighted by molar-refractivity contribution is 9.10. The highest BCUT2D eigenvalue weighted by Crippen LogP contribution is 2.22. The fourth-order valence-electron chi connectivity index (χ4n) is 1.69. The molecule has 0 aliphatic carbocycles. The number of hydrogen-bond donors (Lipinski definition) is 1. The van der Waals surface area contributed by atoms with Crippen LogP contribution in [-0.4, -0.2) is 5.78 Å². The number of ketones is 1. The van der Waals surface area contributed by atoms with E-state index >= 15 is 0 Å². The molecule has 0 amide bonds. The molecule has 0 saturated carbocycles. The van der Waals surface area contributed by atoms with Crippen LogP contribution in [0.15, 0.2) is 40.9 Å². The predicted octanol–water partition coefficient (Wildman–Crippen LogP) is 4.25. The molecular weight excluding hydrogens is 333 g/mol. The smallest absolute Gasteiger partial charge is 0.168 e. The maximum atomic E-state index is 13.3. The van der Waals surface area contributed by atoms with Crippen LogP contribution in [-0.2, 0) is 6.42 Å². The van der Waals surface area contributed by atoms with Gasteiger partial charge in [0.15, 0.2) is 5.78 Å². The number of carbonyl (C=O) groups is 1. The van der Waals surface area contributed by atoms with E-state index in [1.165, 1.54) is 12.1 Å². The number of nitrogen functional groups attached to an aromatic ring is 1. The Morgan fingerprint density at radius 3 is 2.68 bits per heavy atom. The van der Waals surface area contributed by atoms with E-state index in [2.05, 4.69) is 15.9 Å². The Hall–Kier alpha value is -1.39. The molecule has 2 nitrogen and oxygen atoms in total. The van der Waals surface area contributed by atoms with Gasteiger partial charge < -0.3 is 5.73 Å². The monoisotopic (exact) mass is 341 g/mol. The summed E-state index contributed by atoms with van der Waals surface area (Å²) in [7, 11) is 0. The highest BCUT2D eigenvalue weighted by atomic mass is 79.9. The van der Waals surface area contributed by atoms with Crippen molar-refractivity contribution in [3.8, 4) is 0 Å². The van der Waals surface area contributed by atoms with E-state index in [0.29, 0.717) is 21.3 Å². The summed E-state index contributed by atoms with van der Waals surface area (Å²) in [5.74, 6) is -0.667. The lowest BCUT2D eigenvalue weighted by atomic mass is 10.0. The first-order chi connectivity index (χ1) is 8.97. The Kier molecular flexibility index (Phi) is 4.22. The zero-order chi connectivity index (χ0) is 14.0. The van der Waals surface area contributed by atoms with E-state index in [1.807, 2.05) is 0 Å². The second-order valence-corrected chi connectivity index (χ2v) is 5.35. The number of anilines is 1. The molecule has 0 radical (unpaired) electrons. The van der Waals surface area contributed by atoms with Gasteiger partial charge in [-0.25, -0.2) is 4.39 Å². The minimum Gasteiger partial charge on any atom is -0.399 e. The van der Waals surface area contributed by atoms with Crippen molar-refractivity contribution in [2.75, 3.05) is 5.73 Å². The van der Waals surface area contributed by atoms with Crippen LogP contribution in [0, 0.1) is 5.82 Å². The molecule has 0 atom stereocenters. The molecule has 0 saturated heterocycles. The van der Waals surface area contributed by atoms with Crippen LogP contribution in [0.2, 0.25) is 5.02 Å². The fraction of sp³-hybridized carbons (Fsp3) is 0.0714. The lowest BCUT2D eigenvalue weighted by Crippen LogP contribution is -2.05. The summed E-state index contributed by atoms with van der Waals surface area (Å²) in [6, 6.07) is 9.34. The van der Waals surface area contributed by atoms with Gasteiger partial charge in [0.05, 0.1) is 5.02 Å². The minimum absolute atomic E-state index is 0.0429. The molecule has 0 spiro atoms. The van der Waals surface area contributed by atoms with Crippen molar-refractivity contribution in [2.45, 2.75) is 6.42 Å². The van der Waals surface area contributed by atoms with E-state index < -0.39 is 5.82 Å². The van der Waals surface area contributed by atoms with E-state index in [-0.39, 0.29) is 17.2 Å². The van der Waals surface area contributed by atoms with Crippen LogP contribution in [0.25, 0.3) is 0 Å². The van der Waals surface area contributed by atoms with Crippen molar-refractivity contribution in [3.05, 3.63) is 62.8 Å². The molecular formula is C14H10BrClFNO. The minimum atomic E-state index is -0.529. The fourth-order valence-corrected chi connectivity index (χ4v) is 2.27. The third-order valence-electron chi connectivity index (χ3n) is 2.64. The van der Waals surface area contributed by atoms with Crippen molar-refractivity contribution in [1.29, 1.82) is 0 Å². The summed E-state index contributed by atoms with van der Waals surface area (Å²) in [5, 5.41) is 0.0429. The average Bonchev–Trinajstić information content (AvgIpc) is 2.36. The summed E-state index contributed by atoms with van der Waals surface area (Å²) < 4.78 is 14.0. The Balaban J connectivity index is 2.25. The summed E-state index contributed by atoms with van der Waals surface area (Å²) in [4.78, 5) is 12.1. The molecule has 2 N–H and O–H groups in total. The van der Waals surface area contributed by atoms with Gasteiger partial charge >= 0.3 is 0 Å². The maximum absolute atomic E-state index is 13.3. The quantitative estimate of drug-likeness (QED) is 0.669. The molecule has 0 aliphatic heterocycles. The zero-order valence-corrected chi connectivity index (χ0v) is 12.1. The first-order valence-electron chi connectivity index (χ1n) is 5.49. The second-order valence-electron chi connectivity index (χ2n) is 4.09. The van der Waals surface area contributed by atoms with Crippen molar-refractivity contribution in [1.82, 2.24) is 0 Å². The Bertz CT molecular complexity index is 645. The molecule has 0 heterocycles. The summed E-state index contributed by atoms with van der Waals surface area (Å²) in [6.45, 7) is 0. The zero-order valence-electron chi connectivity index (χ0n) is 9.79. The molecule has 2 aromatic rings. The third-order valence-corrected chi connectivity index (χ3v) is 3.64. The number of benzene rings is 2. The lowest BCUT2D eigenvalue weighted by molar-refractivity contribution is 0.0992. The average molecular weight is 343 g/mol. The SMILES string of the molecule is Nc1ccc(Br)c(C(=O)Cc2ccc(Cl)c(F)c2)c1. The van der Waals surface area contributed by atoms with E-state index in [9.17, 15) is 9.18 Å². The molecule has 5 heteroatoms. The van der Waals surface area contributed by atoms with Crippen LogP contribution >= 0.6 is 27.5 Å². The maximum Gasteiger partial charge on any atom is 0.168 e. The van der Waals surface area contributed by atoms with Gasteiger partial charge in [-0.05, 0) is 35.9 Å². The van der Waals surface area contributed by atoms with E-state index in [4.69, 9.17) is 17.3 Å². The topological polar surface area (TPSA) is 43.1 Å². The standard InChI is InChI=1S/C14H10BrClFNO/c15-11-3-2-9(18)7-10(11)14(19)6-8-1-4-12(16)13(17)5-8/h1-5,7H,6,18H2. The van der Waals surface area contributed by atoms with Crippen LogP contribution in [0.3, 0.4) is 0 Å². The van der Waals surface area contributed by atoms with Gasteiger partial charge in [0.2, 0.25) is 0 Å². The van der Waals surface area contributed by atoms with Crippen LogP contribution in [0.1, 0.15) is 15.9 Å². The largest absolute Gasteiger partial charge is 0.399 e. The third kappa shape index (κ3) is 3.33. The Morgan fingerprint density at radius 1 is 1.26 bits per heavy atom. The van der Waals surface area contributed by atoms with Crippen molar-refractivity contribution in [3.63, 3.8) is 0 Å². The van der Waals surface area contributed by atoms with Gasteiger partial charge in [0.25, 0.3) is 0 Å². The Labute approximate surface area is 123 Å². The van der Waals surface area contributed by atoms with E-state index in [0.717, 1.165) is 0 Å². The first kappa shape index (κ1) is 14.0. The highest BCUT2D eigenvalue weighted by Gasteiger charge is 2.12. The number of rotatable bonds is 3. The van der Waals surface area contributed by atoms with Gasteiger partial charge in [-0.2, -0.15) is 0 Å². The molecule has 2 aromatic carbocycles. The molecule has 0 unspecified atom stereocenters. The molecule has 0 fully saturated rings. The second kappa shape index (κ2) is 5.72.